The monoisotopic (exact) mass is 431 g/mol. The Kier molecular flexibility index (Phi) is 7.04. The van der Waals surface area contributed by atoms with Gasteiger partial charge >= 0.3 is 0 Å². The van der Waals surface area contributed by atoms with Crippen molar-refractivity contribution in [1.82, 2.24) is 15.8 Å². The van der Waals surface area contributed by atoms with Gasteiger partial charge in [0.05, 0.1) is 24.7 Å². The molecule has 2 aromatic carbocycles. The highest BCUT2D eigenvalue weighted by molar-refractivity contribution is 7.07. The molecule has 9 heteroatoms. The molecule has 0 unspecified atom stereocenters. The first-order chi connectivity index (χ1) is 14.0. The number of hydrazine groups is 1. The van der Waals surface area contributed by atoms with Crippen molar-refractivity contribution in [3.8, 4) is 11.5 Å². The Morgan fingerprint density at radius 1 is 1.10 bits per heavy atom. The molecule has 0 spiro atoms. The Morgan fingerprint density at radius 3 is 2.59 bits per heavy atom. The molecule has 150 valence electrons. The van der Waals surface area contributed by atoms with Crippen molar-refractivity contribution in [2.45, 2.75) is 13.0 Å². The maximum absolute atomic E-state index is 12.3. The van der Waals surface area contributed by atoms with Gasteiger partial charge in [-0.2, -0.15) is 0 Å². The maximum Gasteiger partial charge on any atom is 0.269 e. The molecule has 0 aliphatic rings. The summed E-state index contributed by atoms with van der Waals surface area (Å²) in [6.45, 7) is 0.298. The van der Waals surface area contributed by atoms with E-state index in [1.807, 2.05) is 5.38 Å². The van der Waals surface area contributed by atoms with Crippen molar-refractivity contribution in [2.24, 2.45) is 0 Å². The summed E-state index contributed by atoms with van der Waals surface area (Å²) in [5.41, 5.74) is 8.41. The second-order valence-corrected chi connectivity index (χ2v) is 7.09. The molecule has 1 heterocycles. The minimum Gasteiger partial charge on any atom is -0.493 e. The minimum atomic E-state index is -0.473. The first kappa shape index (κ1) is 20.6. The van der Waals surface area contributed by atoms with Crippen LogP contribution in [0.25, 0.3) is 0 Å². The van der Waals surface area contributed by atoms with Crippen LogP contribution in [0.15, 0.2) is 53.4 Å². The molecule has 7 nitrogen and oxygen atoms in total. The quantitative estimate of drug-likeness (QED) is 0.560. The highest BCUT2D eigenvalue weighted by Gasteiger charge is 2.13. The summed E-state index contributed by atoms with van der Waals surface area (Å²) in [6, 6.07) is 11.7. The lowest BCUT2D eigenvalue weighted by Crippen LogP contribution is -2.42. The molecule has 3 rings (SSSR count). The number of amides is 2. The van der Waals surface area contributed by atoms with Crippen molar-refractivity contribution < 1.29 is 19.1 Å². The van der Waals surface area contributed by atoms with Crippen LogP contribution >= 0.6 is 22.9 Å². The molecule has 0 fully saturated rings. The molecular formula is C20H18ClN3O4S. The predicted molar refractivity (Wildman–Crippen MR) is 110 cm³/mol. The molecule has 2 N–H and O–H groups in total. The van der Waals surface area contributed by atoms with Crippen LogP contribution in [0.2, 0.25) is 5.02 Å². The zero-order chi connectivity index (χ0) is 20.6. The number of hydrogen-bond donors (Lipinski definition) is 2. The number of methoxy groups -OCH3 is 1. The van der Waals surface area contributed by atoms with Gasteiger partial charge < -0.3 is 9.47 Å². The van der Waals surface area contributed by atoms with E-state index in [0.717, 1.165) is 11.3 Å². The number of hydrogen-bond acceptors (Lipinski definition) is 6. The zero-order valence-corrected chi connectivity index (χ0v) is 17.0. The van der Waals surface area contributed by atoms with Crippen molar-refractivity contribution >= 4 is 34.8 Å². The fourth-order valence-corrected chi connectivity index (χ4v) is 3.09. The van der Waals surface area contributed by atoms with E-state index in [1.165, 1.54) is 24.5 Å². The summed E-state index contributed by atoms with van der Waals surface area (Å²) in [5, 5.41) is 2.48. The number of rotatable bonds is 7. The van der Waals surface area contributed by atoms with Crippen LogP contribution in [0.4, 0.5) is 0 Å². The molecule has 3 aromatic rings. The first-order valence-corrected chi connectivity index (χ1v) is 9.89. The summed E-state index contributed by atoms with van der Waals surface area (Å²) in [4.78, 5) is 28.5. The van der Waals surface area contributed by atoms with E-state index in [4.69, 9.17) is 21.1 Å². The zero-order valence-electron chi connectivity index (χ0n) is 15.5. The lowest BCUT2D eigenvalue weighted by Gasteiger charge is -2.12. The number of nitrogens with zero attached hydrogens (tertiary/aromatic N) is 1. The van der Waals surface area contributed by atoms with Gasteiger partial charge in [-0.05, 0) is 35.9 Å². The predicted octanol–water partition coefficient (Wildman–Crippen LogP) is 3.39. The molecule has 1 aromatic heterocycles. The molecule has 0 aliphatic carbocycles. The number of benzene rings is 2. The highest BCUT2D eigenvalue weighted by Crippen LogP contribution is 2.28. The molecule has 0 saturated carbocycles. The number of halogens is 1. The average molecular weight is 432 g/mol. The molecule has 0 bridgehead atoms. The van der Waals surface area contributed by atoms with E-state index < -0.39 is 5.91 Å². The highest BCUT2D eigenvalue weighted by atomic mass is 35.5. The van der Waals surface area contributed by atoms with Crippen LogP contribution in [0.1, 0.15) is 21.6 Å². The summed E-state index contributed by atoms with van der Waals surface area (Å²) in [7, 11) is 1.49. The Bertz CT molecular complexity index is 978. The molecule has 0 aliphatic heterocycles. The van der Waals surface area contributed by atoms with Gasteiger partial charge in [-0.3, -0.25) is 20.4 Å². The number of carbonyl (C=O) groups is 2. The van der Waals surface area contributed by atoms with Crippen molar-refractivity contribution in [1.29, 1.82) is 0 Å². The Labute approximate surface area is 176 Å². The fraction of sp³-hybridized carbons (Fsp3) is 0.150. The van der Waals surface area contributed by atoms with E-state index in [2.05, 4.69) is 15.8 Å². The van der Waals surface area contributed by atoms with Crippen LogP contribution < -0.4 is 20.3 Å². The van der Waals surface area contributed by atoms with Gasteiger partial charge in [0.25, 0.3) is 5.91 Å². The van der Waals surface area contributed by atoms with Gasteiger partial charge in [0.2, 0.25) is 5.91 Å². The van der Waals surface area contributed by atoms with Crippen molar-refractivity contribution in [3.63, 3.8) is 0 Å². The minimum absolute atomic E-state index is 0.115. The van der Waals surface area contributed by atoms with Gasteiger partial charge in [-0.15, -0.1) is 11.3 Å². The number of thiazole rings is 1. The van der Waals surface area contributed by atoms with E-state index >= 15 is 0 Å². The van der Waals surface area contributed by atoms with Crippen LogP contribution in [0.5, 0.6) is 11.5 Å². The summed E-state index contributed by atoms with van der Waals surface area (Å²) in [6.07, 6.45) is 0.115. The smallest absolute Gasteiger partial charge is 0.269 e. The van der Waals surface area contributed by atoms with Gasteiger partial charge in [0, 0.05) is 16.0 Å². The van der Waals surface area contributed by atoms with Crippen LogP contribution in [0, 0.1) is 0 Å². The van der Waals surface area contributed by atoms with E-state index in [0.29, 0.717) is 28.7 Å². The Hall–Kier alpha value is -3.10. The topological polar surface area (TPSA) is 89.6 Å². The lowest BCUT2D eigenvalue weighted by atomic mass is 10.1. The molecular weight excluding hydrogens is 414 g/mol. The summed E-state index contributed by atoms with van der Waals surface area (Å²) < 4.78 is 11.0. The summed E-state index contributed by atoms with van der Waals surface area (Å²) in [5.74, 6) is 0.0684. The molecule has 0 radical (unpaired) electrons. The number of ether oxygens (including phenoxy) is 2. The second-order valence-electron chi connectivity index (χ2n) is 5.94. The molecule has 2 amide bonds. The van der Waals surface area contributed by atoms with Crippen molar-refractivity contribution in [3.05, 3.63) is 75.2 Å². The van der Waals surface area contributed by atoms with Crippen LogP contribution in [-0.2, 0) is 17.8 Å². The second kappa shape index (κ2) is 9.90. The molecule has 0 atom stereocenters. The average Bonchev–Trinajstić information content (AvgIpc) is 3.25. The third-order valence-electron chi connectivity index (χ3n) is 3.88. The Morgan fingerprint density at radius 2 is 1.90 bits per heavy atom. The fourth-order valence-electron chi connectivity index (χ4n) is 2.42. The van der Waals surface area contributed by atoms with Crippen LogP contribution in [0.3, 0.4) is 0 Å². The van der Waals surface area contributed by atoms with Gasteiger partial charge in [0.1, 0.15) is 6.61 Å². The van der Waals surface area contributed by atoms with Gasteiger partial charge in [-0.1, -0.05) is 23.7 Å². The SMILES string of the molecule is COc1cc(C(=O)NNC(=O)Cc2ccc(Cl)cc2)ccc1OCc1cscn1. The van der Waals surface area contributed by atoms with E-state index in [9.17, 15) is 9.59 Å². The van der Waals surface area contributed by atoms with E-state index in [1.54, 1.807) is 41.9 Å². The van der Waals surface area contributed by atoms with Gasteiger partial charge in [-0.25, -0.2) is 4.98 Å². The standard InChI is InChI=1S/C20H18ClN3O4S/c1-27-18-9-14(4-7-17(18)28-10-16-11-29-12-22-16)20(26)24-23-19(25)8-13-2-5-15(21)6-3-13/h2-7,9,11-12H,8,10H2,1H3,(H,23,25)(H,24,26). The summed E-state index contributed by atoms with van der Waals surface area (Å²) >= 11 is 7.30. The molecule has 0 saturated heterocycles. The third kappa shape index (κ3) is 5.94. The van der Waals surface area contributed by atoms with Gasteiger partial charge in [0.15, 0.2) is 11.5 Å². The largest absolute Gasteiger partial charge is 0.493 e. The number of nitrogens with one attached hydrogen (secondary N) is 2. The normalized spacial score (nSPS) is 10.3. The maximum atomic E-state index is 12.3. The first-order valence-electron chi connectivity index (χ1n) is 8.56. The third-order valence-corrected chi connectivity index (χ3v) is 4.77. The van der Waals surface area contributed by atoms with Crippen LogP contribution in [-0.4, -0.2) is 23.9 Å². The van der Waals surface area contributed by atoms with Crippen molar-refractivity contribution in [2.75, 3.05) is 7.11 Å². The number of carbonyl (C=O) groups excluding carboxylic acids is 2. The number of aromatic nitrogens is 1. The lowest BCUT2D eigenvalue weighted by molar-refractivity contribution is -0.121. The Balaban J connectivity index is 1.55. The van der Waals surface area contributed by atoms with E-state index in [-0.39, 0.29) is 12.3 Å². The molecule has 29 heavy (non-hydrogen) atoms.